The lowest BCUT2D eigenvalue weighted by molar-refractivity contribution is 0.411. The van der Waals surface area contributed by atoms with Gasteiger partial charge in [-0.2, -0.15) is 4.31 Å². The van der Waals surface area contributed by atoms with Crippen molar-refractivity contribution in [2.45, 2.75) is 25.8 Å². The van der Waals surface area contributed by atoms with Crippen LogP contribution in [0.2, 0.25) is 0 Å². The van der Waals surface area contributed by atoms with E-state index in [0.717, 1.165) is 18.4 Å². The molecule has 0 radical (unpaired) electrons. The Morgan fingerprint density at radius 2 is 1.93 bits per heavy atom. The predicted molar refractivity (Wildman–Crippen MR) is 60.2 cm³/mol. The lowest BCUT2D eigenvalue weighted by Crippen LogP contribution is -2.21. The van der Waals surface area contributed by atoms with Gasteiger partial charge in [-0.1, -0.05) is 29.8 Å². The van der Waals surface area contributed by atoms with Crippen molar-refractivity contribution in [3.8, 4) is 0 Å². The minimum absolute atomic E-state index is 0.0618. The molecule has 1 atom stereocenters. The van der Waals surface area contributed by atoms with Crippen LogP contribution in [0.4, 0.5) is 0 Å². The van der Waals surface area contributed by atoms with Gasteiger partial charge in [-0.25, -0.2) is 8.42 Å². The van der Waals surface area contributed by atoms with Crippen LogP contribution in [-0.4, -0.2) is 19.3 Å². The fourth-order valence-corrected chi connectivity index (χ4v) is 2.86. The van der Waals surface area contributed by atoms with E-state index in [1.54, 1.807) is 4.31 Å². The van der Waals surface area contributed by atoms with Crippen molar-refractivity contribution < 1.29 is 8.42 Å². The Labute approximate surface area is 91.8 Å². The highest BCUT2D eigenvalue weighted by Crippen LogP contribution is 2.31. The maximum absolute atomic E-state index is 11.0. The van der Waals surface area contributed by atoms with Gasteiger partial charge in [0.05, 0.1) is 0 Å². The van der Waals surface area contributed by atoms with Crippen LogP contribution in [0.1, 0.15) is 30.0 Å². The summed E-state index contributed by atoms with van der Waals surface area (Å²) in [5.41, 5.74) is 2.31. The molecule has 2 rings (SSSR count). The molecule has 4 heteroatoms. The van der Waals surface area contributed by atoms with E-state index < -0.39 is 10.9 Å². The first kappa shape index (κ1) is 10.6. The third-order valence-corrected chi connectivity index (χ3v) is 3.79. The average Bonchev–Trinajstić information content (AvgIpc) is 2.67. The van der Waals surface area contributed by atoms with Gasteiger partial charge in [0, 0.05) is 12.6 Å². The summed E-state index contributed by atoms with van der Waals surface area (Å²) < 4.78 is 23.6. The van der Waals surface area contributed by atoms with Gasteiger partial charge in [0.2, 0.25) is 10.9 Å². The highest BCUT2D eigenvalue weighted by atomic mass is 32.2. The first-order valence-corrected chi connectivity index (χ1v) is 6.29. The van der Waals surface area contributed by atoms with Crippen molar-refractivity contribution >= 4 is 10.9 Å². The molecule has 1 aliphatic heterocycles. The first-order chi connectivity index (χ1) is 7.18. The van der Waals surface area contributed by atoms with E-state index in [9.17, 15) is 8.42 Å². The van der Waals surface area contributed by atoms with E-state index in [4.69, 9.17) is 0 Å². The Kier molecular flexibility index (Phi) is 3.07. The quantitative estimate of drug-likeness (QED) is 0.777. The normalized spacial score (nSPS) is 22.4. The molecule has 0 aromatic heterocycles. The molecule has 1 fully saturated rings. The third-order valence-electron chi connectivity index (χ3n) is 2.90. The van der Waals surface area contributed by atoms with Crippen molar-refractivity contribution in [3.63, 3.8) is 0 Å². The molecule has 1 saturated heterocycles. The molecule has 15 heavy (non-hydrogen) atoms. The highest BCUT2D eigenvalue weighted by Gasteiger charge is 2.27. The summed E-state index contributed by atoms with van der Waals surface area (Å²) in [5.74, 6) is 0. The Hall–Kier alpha value is -0.870. The molecule has 3 nitrogen and oxygen atoms in total. The molecular weight excluding hydrogens is 210 g/mol. The number of rotatable bonds is 2. The van der Waals surface area contributed by atoms with Gasteiger partial charge in [-0.15, -0.1) is 0 Å². The summed E-state index contributed by atoms with van der Waals surface area (Å²) in [6.45, 7) is 2.70. The fourth-order valence-electron chi connectivity index (χ4n) is 2.07. The van der Waals surface area contributed by atoms with E-state index in [2.05, 4.69) is 0 Å². The van der Waals surface area contributed by atoms with Crippen molar-refractivity contribution in [3.05, 3.63) is 35.4 Å². The zero-order valence-electron chi connectivity index (χ0n) is 8.72. The van der Waals surface area contributed by atoms with Gasteiger partial charge in [-0.05, 0) is 25.3 Å². The average molecular weight is 225 g/mol. The fraction of sp³-hybridized carbons (Fsp3) is 0.455. The first-order valence-electron chi connectivity index (χ1n) is 5.16. The summed E-state index contributed by atoms with van der Waals surface area (Å²) in [6.07, 6.45) is 1.90. The molecule has 1 heterocycles. The second-order valence-electron chi connectivity index (χ2n) is 3.97. The molecule has 1 aromatic rings. The molecule has 1 aromatic carbocycles. The van der Waals surface area contributed by atoms with Gasteiger partial charge in [-0.3, -0.25) is 0 Å². The second-order valence-corrected chi connectivity index (χ2v) is 4.96. The summed E-state index contributed by atoms with van der Waals surface area (Å²) in [6, 6.07) is 8.17. The smallest absolute Gasteiger partial charge is 0.204 e. The van der Waals surface area contributed by atoms with Gasteiger partial charge < -0.3 is 0 Å². The van der Waals surface area contributed by atoms with E-state index in [1.165, 1.54) is 5.56 Å². The van der Waals surface area contributed by atoms with Crippen molar-refractivity contribution in [2.75, 3.05) is 6.54 Å². The zero-order valence-corrected chi connectivity index (χ0v) is 9.61. The topological polar surface area (TPSA) is 37.4 Å². The Morgan fingerprint density at radius 3 is 2.53 bits per heavy atom. The molecule has 1 aliphatic rings. The molecule has 82 valence electrons. The predicted octanol–water partition coefficient (Wildman–Crippen LogP) is 1.66. The Bertz CT molecular complexity index is 403. The molecule has 0 aliphatic carbocycles. The molecule has 0 bridgehead atoms. The number of thiol groups is 1. The van der Waals surface area contributed by atoms with Gasteiger partial charge in [0.1, 0.15) is 0 Å². The van der Waals surface area contributed by atoms with Crippen molar-refractivity contribution in [1.29, 1.82) is 0 Å². The standard InChI is InChI=1S/C11H15NO2S/c1-9-4-6-10(7-5-9)11-3-2-8-12(11)15(13)14/h4-7,11,15H,2-3,8H2,1H3. The van der Waals surface area contributed by atoms with Gasteiger partial charge >= 0.3 is 0 Å². The largest absolute Gasteiger partial charge is 0.215 e. The molecule has 0 N–H and O–H groups in total. The maximum atomic E-state index is 11.0. The van der Waals surface area contributed by atoms with Gasteiger partial charge in [0.15, 0.2) is 0 Å². The molecule has 0 saturated carbocycles. The van der Waals surface area contributed by atoms with Crippen LogP contribution >= 0.6 is 0 Å². The molecule has 0 amide bonds. The van der Waals surface area contributed by atoms with E-state index >= 15 is 0 Å². The highest BCUT2D eigenvalue weighted by molar-refractivity contribution is 7.69. The van der Waals surface area contributed by atoms with Crippen LogP contribution in [0, 0.1) is 6.92 Å². The van der Waals surface area contributed by atoms with E-state index in [0.29, 0.717) is 6.54 Å². The summed E-state index contributed by atoms with van der Waals surface area (Å²) in [5, 5.41) is 0. The minimum atomic E-state index is -2.44. The van der Waals surface area contributed by atoms with Crippen LogP contribution in [0.15, 0.2) is 24.3 Å². The van der Waals surface area contributed by atoms with Gasteiger partial charge in [0.25, 0.3) is 0 Å². The molecular formula is C11H15NO2S. The summed E-state index contributed by atoms with van der Waals surface area (Å²) in [7, 11) is -2.44. The number of benzene rings is 1. The van der Waals surface area contributed by atoms with Crippen LogP contribution in [0.5, 0.6) is 0 Å². The zero-order chi connectivity index (χ0) is 10.8. The van der Waals surface area contributed by atoms with E-state index in [1.807, 2.05) is 31.2 Å². The van der Waals surface area contributed by atoms with E-state index in [-0.39, 0.29) is 6.04 Å². The SMILES string of the molecule is Cc1ccc(C2CCCN2[SH](=O)=O)cc1. The third kappa shape index (κ3) is 2.21. The Balaban J connectivity index is 2.26. The number of hydrogen-bond acceptors (Lipinski definition) is 2. The summed E-state index contributed by atoms with van der Waals surface area (Å²) in [4.78, 5) is 0. The second kappa shape index (κ2) is 4.33. The van der Waals surface area contributed by atoms with Crippen molar-refractivity contribution in [2.24, 2.45) is 0 Å². The maximum Gasteiger partial charge on any atom is 0.204 e. The summed E-state index contributed by atoms with van der Waals surface area (Å²) >= 11 is 0. The Morgan fingerprint density at radius 1 is 1.27 bits per heavy atom. The monoisotopic (exact) mass is 225 g/mol. The molecule has 0 spiro atoms. The number of hydrogen-bond donors (Lipinski definition) is 1. The number of aryl methyl sites for hydroxylation is 1. The number of nitrogens with zero attached hydrogens (tertiary/aromatic N) is 1. The van der Waals surface area contributed by atoms with Crippen LogP contribution < -0.4 is 0 Å². The molecule has 1 unspecified atom stereocenters. The lowest BCUT2D eigenvalue weighted by atomic mass is 10.0. The van der Waals surface area contributed by atoms with Crippen LogP contribution in [-0.2, 0) is 10.9 Å². The van der Waals surface area contributed by atoms with Crippen molar-refractivity contribution in [1.82, 2.24) is 4.31 Å². The minimum Gasteiger partial charge on any atom is -0.215 e. The van der Waals surface area contributed by atoms with Crippen LogP contribution in [0.25, 0.3) is 0 Å². The lowest BCUT2D eigenvalue weighted by Gasteiger charge is -2.18. The van der Waals surface area contributed by atoms with Crippen LogP contribution in [0.3, 0.4) is 0 Å².